The minimum Gasteiger partial charge on any atom is -0.457 e. The number of ether oxygens (including phenoxy) is 1. The molecule has 0 aliphatic rings. The van der Waals surface area contributed by atoms with Crippen LogP contribution in [0.1, 0.15) is 25.0 Å². The highest BCUT2D eigenvalue weighted by Crippen LogP contribution is 2.29. The van der Waals surface area contributed by atoms with Crippen LogP contribution >= 0.6 is 0 Å². The lowest BCUT2D eigenvalue weighted by Crippen LogP contribution is -1.94. The van der Waals surface area contributed by atoms with E-state index >= 15 is 0 Å². The minimum atomic E-state index is -0.416. The number of aliphatic hydroxyl groups excluding tert-OH is 1. The fourth-order valence-electron chi connectivity index (χ4n) is 2.28. The van der Waals surface area contributed by atoms with Crippen molar-refractivity contribution in [2.24, 2.45) is 0 Å². The van der Waals surface area contributed by atoms with Gasteiger partial charge in [-0.3, -0.25) is 4.98 Å². The third-order valence-electron chi connectivity index (χ3n) is 3.49. The molecule has 3 nitrogen and oxygen atoms in total. The summed E-state index contributed by atoms with van der Waals surface area (Å²) in [6.45, 7) is 1.96. The van der Waals surface area contributed by atoms with Crippen molar-refractivity contribution in [3.05, 3.63) is 66.4 Å². The zero-order chi connectivity index (χ0) is 14.7. The van der Waals surface area contributed by atoms with Gasteiger partial charge in [0.05, 0.1) is 11.6 Å². The molecule has 1 N–H and O–H groups in total. The molecule has 0 aliphatic carbocycles. The van der Waals surface area contributed by atoms with Crippen LogP contribution in [0.15, 0.2) is 60.8 Å². The number of pyridine rings is 1. The van der Waals surface area contributed by atoms with Crippen LogP contribution in [0.5, 0.6) is 11.5 Å². The Morgan fingerprint density at radius 2 is 1.86 bits per heavy atom. The lowest BCUT2D eigenvalue weighted by Gasteiger charge is -2.11. The maximum Gasteiger partial charge on any atom is 0.136 e. The van der Waals surface area contributed by atoms with E-state index in [2.05, 4.69) is 4.98 Å². The Morgan fingerprint density at radius 1 is 1.05 bits per heavy atom. The van der Waals surface area contributed by atoms with Crippen LogP contribution in [0.4, 0.5) is 0 Å². The van der Waals surface area contributed by atoms with Gasteiger partial charge in [0, 0.05) is 11.6 Å². The third-order valence-corrected chi connectivity index (χ3v) is 3.49. The van der Waals surface area contributed by atoms with E-state index in [4.69, 9.17) is 4.74 Å². The first-order valence-electron chi connectivity index (χ1n) is 7.07. The smallest absolute Gasteiger partial charge is 0.136 e. The highest BCUT2D eigenvalue weighted by atomic mass is 16.5. The number of nitrogens with zero attached hydrogens (tertiary/aromatic N) is 1. The number of fused-ring (bicyclic) bond motifs is 1. The Hall–Kier alpha value is -2.39. The van der Waals surface area contributed by atoms with Gasteiger partial charge in [0.25, 0.3) is 0 Å². The van der Waals surface area contributed by atoms with Gasteiger partial charge in [-0.15, -0.1) is 0 Å². The van der Waals surface area contributed by atoms with E-state index in [1.807, 2.05) is 61.5 Å². The summed E-state index contributed by atoms with van der Waals surface area (Å²) in [5.74, 6) is 1.53. The summed E-state index contributed by atoms with van der Waals surface area (Å²) < 4.78 is 5.94. The van der Waals surface area contributed by atoms with Gasteiger partial charge >= 0.3 is 0 Å². The van der Waals surface area contributed by atoms with Crippen molar-refractivity contribution in [2.75, 3.05) is 0 Å². The Labute approximate surface area is 123 Å². The molecule has 0 bridgehead atoms. The number of benzene rings is 2. The summed E-state index contributed by atoms with van der Waals surface area (Å²) in [5.41, 5.74) is 1.82. The molecule has 3 heteroatoms. The first-order valence-corrected chi connectivity index (χ1v) is 7.07. The summed E-state index contributed by atoms with van der Waals surface area (Å²) in [5, 5.41) is 10.8. The topological polar surface area (TPSA) is 42.4 Å². The van der Waals surface area contributed by atoms with Gasteiger partial charge in [0.1, 0.15) is 11.5 Å². The molecule has 0 saturated heterocycles. The molecule has 0 saturated carbocycles. The number of rotatable bonds is 4. The Bertz CT molecular complexity index is 732. The highest BCUT2D eigenvalue weighted by Gasteiger charge is 2.06. The Kier molecular flexibility index (Phi) is 3.84. The normalized spacial score (nSPS) is 12.3. The molecule has 0 unspecified atom stereocenters. The average molecular weight is 279 g/mol. The van der Waals surface area contributed by atoms with Gasteiger partial charge in [-0.25, -0.2) is 0 Å². The summed E-state index contributed by atoms with van der Waals surface area (Å²) in [4.78, 5) is 4.32. The second-order valence-corrected chi connectivity index (χ2v) is 4.92. The van der Waals surface area contributed by atoms with E-state index in [-0.39, 0.29) is 0 Å². The molecule has 106 valence electrons. The van der Waals surface area contributed by atoms with Crippen molar-refractivity contribution in [2.45, 2.75) is 19.4 Å². The van der Waals surface area contributed by atoms with Crippen LogP contribution < -0.4 is 4.74 Å². The van der Waals surface area contributed by atoms with Gasteiger partial charge in [-0.05, 0) is 48.4 Å². The predicted molar refractivity (Wildman–Crippen MR) is 83.5 cm³/mol. The summed E-state index contributed by atoms with van der Waals surface area (Å²) in [6.07, 6.45) is 2.06. The van der Waals surface area contributed by atoms with Crippen LogP contribution in [-0.2, 0) is 0 Å². The lowest BCUT2D eigenvalue weighted by molar-refractivity contribution is 0.173. The molecule has 3 rings (SSSR count). The quantitative estimate of drug-likeness (QED) is 0.766. The first-order chi connectivity index (χ1) is 10.3. The van der Waals surface area contributed by atoms with Crippen LogP contribution in [0.3, 0.4) is 0 Å². The van der Waals surface area contributed by atoms with Gasteiger partial charge < -0.3 is 9.84 Å². The van der Waals surface area contributed by atoms with Crippen LogP contribution in [0.2, 0.25) is 0 Å². The van der Waals surface area contributed by atoms with Crippen molar-refractivity contribution < 1.29 is 9.84 Å². The molecule has 0 amide bonds. The highest BCUT2D eigenvalue weighted by molar-refractivity contribution is 5.85. The molecule has 0 fully saturated rings. The molecule has 0 radical (unpaired) electrons. The van der Waals surface area contributed by atoms with Crippen LogP contribution in [0.25, 0.3) is 10.9 Å². The van der Waals surface area contributed by atoms with Crippen molar-refractivity contribution in [3.8, 4) is 11.5 Å². The zero-order valence-electron chi connectivity index (χ0n) is 11.9. The van der Waals surface area contributed by atoms with E-state index < -0.39 is 6.10 Å². The van der Waals surface area contributed by atoms with E-state index in [0.717, 1.165) is 28.0 Å². The van der Waals surface area contributed by atoms with Crippen molar-refractivity contribution in [1.29, 1.82) is 0 Å². The Morgan fingerprint density at radius 3 is 2.62 bits per heavy atom. The molecule has 0 spiro atoms. The maximum atomic E-state index is 9.80. The fourth-order valence-corrected chi connectivity index (χ4v) is 2.28. The fraction of sp³-hybridized carbons (Fsp3) is 0.167. The van der Waals surface area contributed by atoms with E-state index in [1.54, 1.807) is 6.20 Å². The van der Waals surface area contributed by atoms with E-state index in [1.165, 1.54) is 0 Å². The minimum absolute atomic E-state index is 0.416. The second-order valence-electron chi connectivity index (χ2n) is 4.92. The molecular formula is C18H17NO2. The summed E-state index contributed by atoms with van der Waals surface area (Å²) in [6, 6.07) is 17.3. The van der Waals surface area contributed by atoms with Crippen LogP contribution in [-0.4, -0.2) is 10.1 Å². The molecule has 1 aromatic heterocycles. The van der Waals surface area contributed by atoms with Gasteiger partial charge in [0.2, 0.25) is 0 Å². The molecule has 2 aromatic carbocycles. The molecule has 21 heavy (non-hydrogen) atoms. The number of aliphatic hydroxyl groups is 1. The van der Waals surface area contributed by atoms with Crippen molar-refractivity contribution in [3.63, 3.8) is 0 Å². The van der Waals surface area contributed by atoms with E-state index in [9.17, 15) is 5.11 Å². The van der Waals surface area contributed by atoms with E-state index in [0.29, 0.717) is 6.42 Å². The molecule has 1 atom stereocenters. The number of aromatic nitrogens is 1. The molecule has 0 aliphatic heterocycles. The molecule has 3 aromatic rings. The predicted octanol–water partition coefficient (Wildman–Crippen LogP) is 4.47. The Balaban J connectivity index is 1.88. The first kappa shape index (κ1) is 13.6. The average Bonchev–Trinajstić information content (AvgIpc) is 2.55. The zero-order valence-corrected chi connectivity index (χ0v) is 11.9. The second kappa shape index (κ2) is 5.94. The molecular weight excluding hydrogens is 262 g/mol. The van der Waals surface area contributed by atoms with Gasteiger partial charge in [-0.2, -0.15) is 0 Å². The SMILES string of the molecule is CC[C@@H](O)c1ccc(Oc2cccc3ncccc23)cc1. The monoisotopic (exact) mass is 279 g/mol. The van der Waals surface area contributed by atoms with Gasteiger partial charge in [-0.1, -0.05) is 25.1 Å². The number of hydrogen-bond donors (Lipinski definition) is 1. The lowest BCUT2D eigenvalue weighted by atomic mass is 10.1. The number of hydrogen-bond acceptors (Lipinski definition) is 3. The third kappa shape index (κ3) is 2.88. The largest absolute Gasteiger partial charge is 0.457 e. The van der Waals surface area contributed by atoms with Crippen LogP contribution in [0, 0.1) is 0 Å². The van der Waals surface area contributed by atoms with Crippen molar-refractivity contribution >= 4 is 10.9 Å². The summed E-state index contributed by atoms with van der Waals surface area (Å²) in [7, 11) is 0. The standard InChI is InChI=1S/C18H17NO2/c1-2-17(20)13-8-10-14(11-9-13)21-18-7-3-6-16-15(18)5-4-12-19-16/h3-12,17,20H,2H2,1H3/t17-/m1/s1. The van der Waals surface area contributed by atoms with Gasteiger partial charge in [0.15, 0.2) is 0 Å². The van der Waals surface area contributed by atoms with Crippen molar-refractivity contribution in [1.82, 2.24) is 4.98 Å². The molecule has 1 heterocycles. The summed E-state index contributed by atoms with van der Waals surface area (Å²) >= 11 is 0. The maximum absolute atomic E-state index is 9.80.